The summed E-state index contributed by atoms with van der Waals surface area (Å²) in [7, 11) is 0. The number of thiophene rings is 1. The van der Waals surface area contributed by atoms with Gasteiger partial charge < -0.3 is 18.3 Å². The molecule has 69 heavy (non-hydrogen) atoms. The van der Waals surface area contributed by atoms with Gasteiger partial charge in [-0.1, -0.05) is 152 Å². The van der Waals surface area contributed by atoms with Gasteiger partial charge in [0.05, 0.1) is 79.0 Å². The highest BCUT2D eigenvalue weighted by Gasteiger charge is 2.35. The number of nitrogens with zero attached hydrogens (tertiary/aromatic N) is 6. The van der Waals surface area contributed by atoms with E-state index in [0.717, 1.165) is 108 Å². The van der Waals surface area contributed by atoms with E-state index in [0.29, 0.717) is 28.3 Å². The minimum absolute atomic E-state index is 0.372. The Morgan fingerprint density at radius 1 is 0.348 bits per heavy atom. The van der Waals surface area contributed by atoms with E-state index >= 15 is 0 Å². The number of rotatable bonds is 4. The summed E-state index contributed by atoms with van der Waals surface area (Å²) in [6.07, 6.45) is 0. The molecule has 0 radical (unpaired) electrons. The summed E-state index contributed by atoms with van der Waals surface area (Å²) >= 11 is 1.79. The molecule has 0 spiro atoms. The number of hydrogen-bond acceptors (Lipinski definition) is 2. The molecule has 6 nitrogen and oxygen atoms in total. The maximum atomic E-state index is 12.5. The van der Waals surface area contributed by atoms with E-state index in [4.69, 9.17) is 4.85 Å². The molecule has 0 aliphatic heterocycles. The van der Waals surface area contributed by atoms with Crippen molar-refractivity contribution in [3.8, 4) is 28.8 Å². The minimum Gasteiger partial charge on any atom is -0.318 e. The van der Waals surface area contributed by atoms with Crippen molar-refractivity contribution < 1.29 is 0 Å². The molecule has 15 rings (SSSR count). The van der Waals surface area contributed by atoms with Gasteiger partial charge in [-0.3, -0.25) is 0 Å². The van der Waals surface area contributed by atoms with Crippen molar-refractivity contribution in [3.63, 3.8) is 0 Å². The van der Waals surface area contributed by atoms with Crippen LogP contribution in [0.5, 0.6) is 0 Å². The van der Waals surface area contributed by atoms with Gasteiger partial charge in [-0.25, -0.2) is 4.85 Å². The first-order chi connectivity index (χ1) is 34.2. The summed E-state index contributed by atoms with van der Waals surface area (Å²) in [5, 5.41) is 23.3. The first-order valence-corrected chi connectivity index (χ1v) is 23.9. The first-order valence-electron chi connectivity index (χ1n) is 23.0. The van der Waals surface area contributed by atoms with Crippen LogP contribution in [-0.4, -0.2) is 18.3 Å². The molecule has 0 atom stereocenters. The Morgan fingerprint density at radius 2 is 0.710 bits per heavy atom. The van der Waals surface area contributed by atoms with Crippen molar-refractivity contribution in [2.75, 3.05) is 0 Å². The highest BCUT2D eigenvalue weighted by molar-refractivity contribution is 7.26. The summed E-state index contributed by atoms with van der Waals surface area (Å²) in [5.74, 6) is 0. The molecule has 5 aromatic heterocycles. The van der Waals surface area contributed by atoms with Gasteiger partial charge in [0.15, 0.2) is 0 Å². The molecule has 0 saturated carbocycles. The lowest BCUT2D eigenvalue weighted by Crippen LogP contribution is -2.14. The van der Waals surface area contributed by atoms with Crippen LogP contribution >= 0.6 is 11.3 Å². The number of hydrogen-bond donors (Lipinski definition) is 0. The smallest absolute Gasteiger partial charge is 0.237 e. The van der Waals surface area contributed by atoms with Gasteiger partial charge in [0.2, 0.25) is 5.69 Å². The Labute approximate surface area is 398 Å². The van der Waals surface area contributed by atoms with Gasteiger partial charge in [0.1, 0.15) is 6.07 Å². The number of nitriles is 1. The molecule has 318 valence electrons. The van der Waals surface area contributed by atoms with Crippen LogP contribution in [0.4, 0.5) is 5.69 Å². The van der Waals surface area contributed by atoms with E-state index in [1.165, 1.54) is 4.70 Å². The maximum absolute atomic E-state index is 12.5. The molecular formula is C62H34N6S. The molecule has 0 aliphatic rings. The van der Waals surface area contributed by atoms with Crippen LogP contribution < -0.4 is 0 Å². The fourth-order valence-electron chi connectivity index (χ4n) is 11.7. The topological polar surface area (TPSA) is 47.9 Å². The van der Waals surface area contributed by atoms with Gasteiger partial charge in [-0.05, 0) is 54.6 Å². The lowest BCUT2D eigenvalue weighted by molar-refractivity contribution is 1.03. The molecule has 0 unspecified atom stereocenters. The fourth-order valence-corrected chi connectivity index (χ4v) is 12.9. The van der Waals surface area contributed by atoms with Crippen molar-refractivity contribution in [2.45, 2.75) is 0 Å². The average Bonchev–Trinajstić information content (AvgIpc) is 4.21. The molecule has 0 bridgehead atoms. The van der Waals surface area contributed by atoms with Crippen molar-refractivity contribution in [1.82, 2.24) is 18.3 Å². The molecule has 0 N–H and O–H groups in total. The van der Waals surface area contributed by atoms with E-state index in [9.17, 15) is 11.8 Å². The largest absolute Gasteiger partial charge is 0.318 e. The summed E-state index contributed by atoms with van der Waals surface area (Å²) in [6.45, 7) is 9.64. The van der Waals surface area contributed by atoms with Crippen molar-refractivity contribution >= 4 is 124 Å². The summed E-state index contributed by atoms with van der Waals surface area (Å²) in [5.41, 5.74) is 11.1. The van der Waals surface area contributed by atoms with Crippen LogP contribution in [0.1, 0.15) is 5.56 Å². The predicted octanol–water partition coefficient (Wildman–Crippen LogP) is 16.9. The normalized spacial score (nSPS) is 12.0. The van der Waals surface area contributed by atoms with Gasteiger partial charge in [-0.2, -0.15) is 5.26 Å². The molecule has 10 aromatic carbocycles. The number of para-hydroxylation sites is 7. The molecule has 7 heteroatoms. The van der Waals surface area contributed by atoms with Crippen LogP contribution in [0.3, 0.4) is 0 Å². The van der Waals surface area contributed by atoms with Crippen LogP contribution in [0.2, 0.25) is 0 Å². The standard InChI is InChI=1S/C62H34N6S/c1-64-57-59(65-47-26-10-2-18-37(47)38-19-3-11-27-48(38)65)46(36-63)60(68-53-32-16-8-24-43(53)44-34-35-55-56(58(44)68)45-25-9-17-33-54(45)69-55)62(67-51-30-14-6-22-41(51)42-23-7-15-31-52(42)67)61(57)66-49-28-12-4-20-39(49)40-21-5-13-29-50(40)66/h2-35H. The molecule has 5 heterocycles. The monoisotopic (exact) mass is 894 g/mol. The third-order valence-corrected chi connectivity index (χ3v) is 15.5. The number of benzene rings is 10. The molecule has 15 aromatic rings. The summed E-state index contributed by atoms with van der Waals surface area (Å²) < 4.78 is 11.6. The lowest BCUT2D eigenvalue weighted by Gasteiger charge is -2.27. The van der Waals surface area contributed by atoms with Crippen LogP contribution in [0.25, 0.3) is 135 Å². The highest BCUT2D eigenvalue weighted by Crippen LogP contribution is 2.53. The predicted molar refractivity (Wildman–Crippen MR) is 288 cm³/mol. The Bertz CT molecular complexity index is 4660. The fraction of sp³-hybridized carbons (Fsp3) is 0. The first kappa shape index (κ1) is 37.8. The molecule has 0 saturated heterocycles. The second-order valence-electron chi connectivity index (χ2n) is 17.7. The third kappa shape index (κ3) is 4.91. The van der Waals surface area contributed by atoms with Gasteiger partial charge in [-0.15, -0.1) is 11.3 Å². The Kier molecular flexibility index (Phi) is 7.70. The van der Waals surface area contributed by atoms with E-state index < -0.39 is 0 Å². The third-order valence-electron chi connectivity index (χ3n) is 14.4. The quantitative estimate of drug-likeness (QED) is 0.162. The zero-order valence-electron chi connectivity index (χ0n) is 36.7. The second kappa shape index (κ2) is 14.1. The SMILES string of the molecule is [C-]#[N+]c1c(-n2c3ccccc3c3ccccc32)c(C#N)c(-n2c3ccccc3c3ccc4sc5ccccc5c4c32)c(-n2c3ccccc3c3ccccc32)c1-n1c2ccccc2c2ccccc21. The molecule has 0 aliphatic carbocycles. The van der Waals surface area contributed by atoms with Crippen LogP contribution in [0.15, 0.2) is 206 Å². The second-order valence-corrected chi connectivity index (χ2v) is 18.8. The summed E-state index contributed by atoms with van der Waals surface area (Å²) in [6, 6.07) is 75.5. The minimum atomic E-state index is 0.372. The number of fused-ring (bicyclic) bond motifs is 16. The van der Waals surface area contributed by atoms with Gasteiger partial charge in [0.25, 0.3) is 0 Å². The van der Waals surface area contributed by atoms with Crippen molar-refractivity contribution in [2.24, 2.45) is 0 Å². The molecule has 0 fully saturated rings. The Morgan fingerprint density at radius 3 is 1.14 bits per heavy atom. The Hall–Kier alpha value is -9.40. The molecule has 0 amide bonds. The van der Waals surface area contributed by atoms with Crippen molar-refractivity contribution in [3.05, 3.63) is 223 Å². The average molecular weight is 895 g/mol. The highest BCUT2D eigenvalue weighted by atomic mass is 32.1. The van der Waals surface area contributed by atoms with E-state index in [-0.39, 0.29) is 0 Å². The molecular weight excluding hydrogens is 861 g/mol. The lowest BCUT2D eigenvalue weighted by atomic mass is 10.0. The zero-order valence-corrected chi connectivity index (χ0v) is 37.5. The Balaban J connectivity index is 1.31. The van der Waals surface area contributed by atoms with Gasteiger partial charge in [0, 0.05) is 63.3 Å². The van der Waals surface area contributed by atoms with E-state index in [1.54, 1.807) is 11.3 Å². The van der Waals surface area contributed by atoms with E-state index in [2.05, 4.69) is 218 Å². The van der Waals surface area contributed by atoms with Crippen LogP contribution in [0, 0.1) is 17.9 Å². The number of aromatic nitrogens is 4. The van der Waals surface area contributed by atoms with E-state index in [1.807, 2.05) is 12.1 Å². The zero-order chi connectivity index (χ0) is 45.5. The van der Waals surface area contributed by atoms with Crippen molar-refractivity contribution in [1.29, 1.82) is 5.26 Å². The van der Waals surface area contributed by atoms with Crippen LogP contribution in [-0.2, 0) is 0 Å². The summed E-state index contributed by atoms with van der Waals surface area (Å²) in [4.78, 5) is 4.71. The maximum Gasteiger partial charge on any atom is 0.237 e. The van der Waals surface area contributed by atoms with Gasteiger partial charge >= 0.3 is 0 Å².